The smallest absolute Gasteiger partial charge is 0.303 e. The van der Waals surface area contributed by atoms with Crippen LogP contribution >= 0.6 is 0 Å². The van der Waals surface area contributed by atoms with Crippen molar-refractivity contribution in [1.29, 1.82) is 0 Å². The second-order valence-corrected chi connectivity index (χ2v) is 5.28. The third-order valence-electron chi connectivity index (χ3n) is 3.91. The lowest BCUT2D eigenvalue weighted by Gasteiger charge is -2.35. The van der Waals surface area contributed by atoms with E-state index in [9.17, 15) is 9.59 Å². The van der Waals surface area contributed by atoms with Crippen molar-refractivity contribution < 1.29 is 19.4 Å². The van der Waals surface area contributed by atoms with Crippen molar-refractivity contribution in [3.63, 3.8) is 0 Å². The van der Waals surface area contributed by atoms with Gasteiger partial charge in [-0.25, -0.2) is 0 Å². The van der Waals surface area contributed by atoms with E-state index in [0.717, 1.165) is 38.9 Å². The number of ether oxygens (including phenoxy) is 1. The predicted octanol–water partition coefficient (Wildman–Crippen LogP) is 0.0782. The van der Waals surface area contributed by atoms with Crippen molar-refractivity contribution >= 4 is 11.9 Å². The number of hydrogen-bond donors (Lipinski definition) is 2. The molecule has 2 saturated heterocycles. The number of nitrogens with one attached hydrogen (secondary N) is 1. The van der Waals surface area contributed by atoms with E-state index in [0.29, 0.717) is 19.1 Å². The van der Waals surface area contributed by atoms with Crippen molar-refractivity contribution in [2.75, 3.05) is 32.8 Å². The molecular weight excluding hydrogens is 248 g/mol. The number of likely N-dealkylation sites (tertiary alicyclic amines) is 1. The van der Waals surface area contributed by atoms with Gasteiger partial charge < -0.3 is 20.1 Å². The Morgan fingerprint density at radius 3 is 2.63 bits per heavy atom. The Balaban J connectivity index is 1.72. The minimum Gasteiger partial charge on any atom is -0.481 e. The molecule has 1 atom stereocenters. The Kier molecular flexibility index (Phi) is 5.15. The quantitative estimate of drug-likeness (QED) is 0.756. The first-order valence-corrected chi connectivity index (χ1v) is 6.98. The summed E-state index contributed by atoms with van der Waals surface area (Å²) in [5.41, 5.74) is 0. The first-order valence-electron chi connectivity index (χ1n) is 6.98. The number of amides is 1. The Hall–Kier alpha value is -1.14. The molecule has 108 valence electrons. The van der Waals surface area contributed by atoms with Crippen LogP contribution in [0.5, 0.6) is 0 Å². The fourth-order valence-corrected chi connectivity index (χ4v) is 2.71. The number of carboxylic acids is 1. The summed E-state index contributed by atoms with van der Waals surface area (Å²) in [7, 11) is 0. The Bertz CT molecular complexity index is 321. The molecule has 6 nitrogen and oxygen atoms in total. The van der Waals surface area contributed by atoms with E-state index in [1.807, 2.05) is 4.90 Å². The molecule has 19 heavy (non-hydrogen) atoms. The summed E-state index contributed by atoms with van der Waals surface area (Å²) >= 11 is 0. The van der Waals surface area contributed by atoms with Gasteiger partial charge in [-0.1, -0.05) is 0 Å². The maximum Gasteiger partial charge on any atom is 0.303 e. The van der Waals surface area contributed by atoms with E-state index in [1.54, 1.807) is 0 Å². The van der Waals surface area contributed by atoms with E-state index >= 15 is 0 Å². The molecule has 0 saturated carbocycles. The molecule has 2 heterocycles. The molecule has 2 fully saturated rings. The van der Waals surface area contributed by atoms with E-state index in [2.05, 4.69) is 5.32 Å². The van der Waals surface area contributed by atoms with Gasteiger partial charge in [-0.05, 0) is 25.2 Å². The van der Waals surface area contributed by atoms with Crippen LogP contribution in [0.1, 0.15) is 25.7 Å². The van der Waals surface area contributed by atoms with E-state index in [-0.39, 0.29) is 18.4 Å². The van der Waals surface area contributed by atoms with Crippen molar-refractivity contribution in [2.24, 2.45) is 5.92 Å². The summed E-state index contributed by atoms with van der Waals surface area (Å²) in [5, 5.41) is 11.8. The minimum absolute atomic E-state index is 0.122. The first-order chi connectivity index (χ1) is 9.16. The molecule has 0 aromatic carbocycles. The zero-order valence-electron chi connectivity index (χ0n) is 11.1. The number of nitrogens with zero attached hydrogens (tertiary/aromatic N) is 1. The highest BCUT2D eigenvalue weighted by Gasteiger charge is 2.29. The van der Waals surface area contributed by atoms with Crippen molar-refractivity contribution in [3.05, 3.63) is 0 Å². The standard InChI is InChI=1S/C13H22N2O4/c16-12(17)2-1-10-3-6-15(7-4-10)13(18)11-9-19-8-5-14-11/h10-11,14H,1-9H2,(H,16,17). The number of morpholine rings is 1. The monoisotopic (exact) mass is 270 g/mol. The fourth-order valence-electron chi connectivity index (χ4n) is 2.71. The number of aliphatic carboxylic acids is 1. The molecule has 6 heteroatoms. The molecule has 0 bridgehead atoms. The van der Waals surface area contributed by atoms with Crippen LogP contribution in [0, 0.1) is 5.92 Å². The Morgan fingerprint density at radius 1 is 1.32 bits per heavy atom. The van der Waals surface area contributed by atoms with Crippen LogP contribution in [0.3, 0.4) is 0 Å². The number of piperidine rings is 1. The average Bonchev–Trinajstić information content (AvgIpc) is 2.46. The van der Waals surface area contributed by atoms with Gasteiger partial charge in [-0.15, -0.1) is 0 Å². The number of rotatable bonds is 4. The lowest BCUT2D eigenvalue weighted by atomic mass is 9.92. The van der Waals surface area contributed by atoms with Gasteiger partial charge in [0.15, 0.2) is 0 Å². The molecule has 2 N–H and O–H groups in total. The minimum atomic E-state index is -0.734. The van der Waals surface area contributed by atoms with Gasteiger partial charge in [0.2, 0.25) is 5.91 Å². The van der Waals surface area contributed by atoms with Gasteiger partial charge in [0.1, 0.15) is 6.04 Å². The van der Waals surface area contributed by atoms with Crippen LogP contribution in [0.25, 0.3) is 0 Å². The van der Waals surface area contributed by atoms with E-state index in [1.165, 1.54) is 0 Å². The summed E-state index contributed by atoms with van der Waals surface area (Å²) in [5.74, 6) is -0.172. The highest BCUT2D eigenvalue weighted by molar-refractivity contribution is 5.82. The van der Waals surface area contributed by atoms with Gasteiger partial charge >= 0.3 is 5.97 Å². The van der Waals surface area contributed by atoms with Gasteiger partial charge in [0, 0.05) is 26.1 Å². The normalized spacial score (nSPS) is 25.3. The largest absolute Gasteiger partial charge is 0.481 e. The van der Waals surface area contributed by atoms with Crippen LogP contribution in [-0.4, -0.2) is 60.8 Å². The molecule has 1 amide bonds. The number of carbonyl (C=O) groups excluding carboxylic acids is 1. The van der Waals surface area contributed by atoms with Crippen LogP contribution in [-0.2, 0) is 14.3 Å². The van der Waals surface area contributed by atoms with Crippen LogP contribution in [0.4, 0.5) is 0 Å². The number of carbonyl (C=O) groups is 2. The summed E-state index contributed by atoms with van der Waals surface area (Å²) in [6.45, 7) is 3.33. The molecule has 2 rings (SSSR count). The van der Waals surface area contributed by atoms with Gasteiger partial charge in [-0.3, -0.25) is 9.59 Å². The van der Waals surface area contributed by atoms with Gasteiger partial charge in [-0.2, -0.15) is 0 Å². The van der Waals surface area contributed by atoms with Crippen molar-refractivity contribution in [1.82, 2.24) is 10.2 Å². The summed E-state index contributed by atoms with van der Waals surface area (Å²) < 4.78 is 5.30. The van der Waals surface area contributed by atoms with Crippen LogP contribution in [0.15, 0.2) is 0 Å². The topological polar surface area (TPSA) is 78.9 Å². The summed E-state index contributed by atoms with van der Waals surface area (Å²) in [6, 6.07) is -0.204. The Labute approximate surface area is 113 Å². The molecule has 2 aliphatic heterocycles. The average molecular weight is 270 g/mol. The highest BCUT2D eigenvalue weighted by atomic mass is 16.5. The lowest BCUT2D eigenvalue weighted by molar-refractivity contribution is -0.139. The number of carboxylic acid groups (broad SMARTS) is 1. The maximum absolute atomic E-state index is 12.2. The maximum atomic E-state index is 12.2. The molecule has 1 unspecified atom stereocenters. The first kappa shape index (κ1) is 14.3. The van der Waals surface area contributed by atoms with E-state index in [4.69, 9.17) is 9.84 Å². The summed E-state index contributed by atoms with van der Waals surface area (Å²) in [4.78, 5) is 24.6. The molecule has 0 aromatic rings. The zero-order valence-corrected chi connectivity index (χ0v) is 11.1. The van der Waals surface area contributed by atoms with Crippen LogP contribution < -0.4 is 5.32 Å². The van der Waals surface area contributed by atoms with Crippen molar-refractivity contribution in [2.45, 2.75) is 31.7 Å². The fraction of sp³-hybridized carbons (Fsp3) is 0.846. The molecule has 0 aliphatic carbocycles. The molecule has 0 spiro atoms. The zero-order chi connectivity index (χ0) is 13.7. The molecular formula is C13H22N2O4. The van der Waals surface area contributed by atoms with Crippen LogP contribution in [0.2, 0.25) is 0 Å². The highest BCUT2D eigenvalue weighted by Crippen LogP contribution is 2.22. The third kappa shape index (κ3) is 4.18. The molecule has 0 aromatic heterocycles. The predicted molar refractivity (Wildman–Crippen MR) is 68.8 cm³/mol. The van der Waals surface area contributed by atoms with Crippen molar-refractivity contribution in [3.8, 4) is 0 Å². The van der Waals surface area contributed by atoms with Gasteiger partial charge in [0.25, 0.3) is 0 Å². The SMILES string of the molecule is O=C(O)CCC1CCN(C(=O)C2COCCN2)CC1. The molecule has 0 radical (unpaired) electrons. The lowest BCUT2D eigenvalue weighted by Crippen LogP contribution is -2.54. The third-order valence-corrected chi connectivity index (χ3v) is 3.91. The Morgan fingerprint density at radius 2 is 2.05 bits per heavy atom. The second-order valence-electron chi connectivity index (χ2n) is 5.28. The summed E-state index contributed by atoms with van der Waals surface area (Å²) in [6.07, 6.45) is 2.78. The van der Waals surface area contributed by atoms with E-state index < -0.39 is 5.97 Å². The molecule has 2 aliphatic rings. The van der Waals surface area contributed by atoms with Gasteiger partial charge in [0.05, 0.1) is 13.2 Å². The number of hydrogen-bond acceptors (Lipinski definition) is 4. The second kappa shape index (κ2) is 6.86.